The Hall–Kier alpha value is -0.360. The fourth-order valence-electron chi connectivity index (χ4n) is 1.52. The van der Waals surface area contributed by atoms with Crippen LogP contribution in [0.1, 0.15) is 18.1 Å². The van der Waals surface area contributed by atoms with Gasteiger partial charge in [0.1, 0.15) is 3.70 Å². The molecule has 2 aromatic rings. The average Bonchev–Trinajstić information content (AvgIpc) is 2.59. The fourth-order valence-corrected chi connectivity index (χ4v) is 2.25. The average molecular weight is 391 g/mol. The Morgan fingerprint density at radius 2 is 1.88 bits per heavy atom. The maximum absolute atomic E-state index is 4.40. The van der Waals surface area contributed by atoms with Crippen molar-refractivity contribution < 1.29 is 0 Å². The number of rotatable bonds is 3. The van der Waals surface area contributed by atoms with Crippen LogP contribution in [0.4, 0.5) is 0 Å². The minimum Gasteiger partial charge on any atom is -0.266 e. The molecule has 1 heterocycles. The number of hydrogen-bond donors (Lipinski definition) is 0. The zero-order chi connectivity index (χ0) is 11.5. The van der Waals surface area contributed by atoms with E-state index in [0.29, 0.717) is 0 Å². The molecule has 0 fully saturated rings. The smallest absolute Gasteiger partial charge is 0.137 e. The molecule has 0 aliphatic rings. The van der Waals surface area contributed by atoms with Crippen LogP contribution in [-0.2, 0) is 13.0 Å². The summed E-state index contributed by atoms with van der Waals surface area (Å²) in [6.45, 7) is 2.99. The topological polar surface area (TPSA) is 17.8 Å². The van der Waals surface area contributed by atoms with Gasteiger partial charge in [0.2, 0.25) is 0 Å². The first kappa shape index (κ1) is 12.1. The number of halogens is 2. The molecule has 0 spiro atoms. The lowest BCUT2D eigenvalue weighted by molar-refractivity contribution is 0.681. The van der Waals surface area contributed by atoms with E-state index < -0.39 is 0 Å². The molecule has 4 heteroatoms. The predicted octanol–water partition coefficient (Wildman–Crippen LogP) is 3.86. The van der Waals surface area contributed by atoms with E-state index in [0.717, 1.165) is 21.1 Å². The predicted molar refractivity (Wildman–Crippen MR) is 77.6 cm³/mol. The summed E-state index contributed by atoms with van der Waals surface area (Å²) in [7, 11) is 0. The molecule has 0 radical (unpaired) electrons. The van der Waals surface area contributed by atoms with Crippen LogP contribution < -0.4 is 0 Å². The number of benzene rings is 1. The molecule has 1 aromatic carbocycles. The summed E-state index contributed by atoms with van der Waals surface area (Å²) in [6.07, 6.45) is 3.10. The molecule has 2 rings (SSSR count). The second-order valence-electron chi connectivity index (χ2n) is 3.64. The number of nitrogens with zero attached hydrogens (tertiary/aromatic N) is 2. The molecule has 0 N–H and O–H groups in total. The second kappa shape index (κ2) is 5.31. The van der Waals surface area contributed by atoms with E-state index in [4.69, 9.17) is 0 Å². The molecule has 0 unspecified atom stereocenters. The van der Waals surface area contributed by atoms with Gasteiger partial charge in [0.05, 0.1) is 11.0 Å². The van der Waals surface area contributed by atoms with Gasteiger partial charge >= 0.3 is 0 Å². The van der Waals surface area contributed by atoms with Gasteiger partial charge in [-0.25, -0.2) is 0 Å². The lowest BCUT2D eigenvalue weighted by Crippen LogP contribution is -2.00. The van der Waals surface area contributed by atoms with Gasteiger partial charge in [0.15, 0.2) is 0 Å². The van der Waals surface area contributed by atoms with E-state index in [1.807, 2.05) is 10.9 Å². The first-order chi connectivity index (χ1) is 7.69. The Labute approximate surface area is 117 Å². The highest BCUT2D eigenvalue weighted by Gasteiger charge is 2.03. The Bertz CT molecular complexity index is 457. The lowest BCUT2D eigenvalue weighted by atomic mass is 10.1. The van der Waals surface area contributed by atoms with Gasteiger partial charge in [-0.05, 0) is 56.1 Å². The molecule has 0 atom stereocenters. The van der Waals surface area contributed by atoms with Crippen molar-refractivity contribution in [2.75, 3.05) is 0 Å². The van der Waals surface area contributed by atoms with Crippen LogP contribution in [-0.4, -0.2) is 9.78 Å². The SMILES string of the molecule is CCc1ccc(Cn2cc(Br)c(I)n2)cc1. The van der Waals surface area contributed by atoms with Crippen molar-refractivity contribution in [1.82, 2.24) is 9.78 Å². The van der Waals surface area contributed by atoms with Crippen molar-refractivity contribution in [3.05, 3.63) is 49.8 Å². The third-order valence-corrected chi connectivity index (χ3v) is 4.57. The largest absolute Gasteiger partial charge is 0.266 e. The molecule has 0 aliphatic carbocycles. The van der Waals surface area contributed by atoms with Crippen LogP contribution in [0.15, 0.2) is 34.9 Å². The molecular weight excluding hydrogens is 379 g/mol. The highest BCUT2D eigenvalue weighted by molar-refractivity contribution is 14.1. The van der Waals surface area contributed by atoms with Crippen molar-refractivity contribution >= 4 is 38.5 Å². The van der Waals surface area contributed by atoms with Crippen molar-refractivity contribution in [3.8, 4) is 0 Å². The zero-order valence-electron chi connectivity index (χ0n) is 8.95. The molecule has 1 aromatic heterocycles. The summed E-state index contributed by atoms with van der Waals surface area (Å²) in [6, 6.07) is 8.69. The summed E-state index contributed by atoms with van der Waals surface area (Å²) >= 11 is 5.68. The van der Waals surface area contributed by atoms with Crippen LogP contribution in [0.25, 0.3) is 0 Å². The van der Waals surface area contributed by atoms with Crippen molar-refractivity contribution in [2.24, 2.45) is 0 Å². The standard InChI is InChI=1S/C12H12BrIN2/c1-2-9-3-5-10(6-4-9)7-16-8-11(13)12(14)15-16/h3-6,8H,2,7H2,1H3. The van der Waals surface area contributed by atoms with Gasteiger partial charge < -0.3 is 0 Å². The van der Waals surface area contributed by atoms with E-state index in [2.05, 4.69) is 74.8 Å². The normalized spacial score (nSPS) is 10.7. The van der Waals surface area contributed by atoms with E-state index in [1.165, 1.54) is 11.1 Å². The summed E-state index contributed by atoms with van der Waals surface area (Å²) in [5.74, 6) is 0. The number of aromatic nitrogens is 2. The third kappa shape index (κ3) is 2.85. The van der Waals surface area contributed by atoms with E-state index in [9.17, 15) is 0 Å². The quantitative estimate of drug-likeness (QED) is 0.727. The molecule has 0 saturated carbocycles. The van der Waals surface area contributed by atoms with Crippen LogP contribution >= 0.6 is 38.5 Å². The summed E-state index contributed by atoms with van der Waals surface area (Å²) in [5.41, 5.74) is 2.66. The van der Waals surface area contributed by atoms with Crippen LogP contribution in [0.3, 0.4) is 0 Å². The third-order valence-electron chi connectivity index (χ3n) is 2.45. The highest BCUT2D eigenvalue weighted by Crippen LogP contribution is 2.17. The zero-order valence-corrected chi connectivity index (χ0v) is 12.7. The molecule has 0 amide bonds. The second-order valence-corrected chi connectivity index (χ2v) is 5.51. The fraction of sp³-hybridized carbons (Fsp3) is 0.250. The van der Waals surface area contributed by atoms with E-state index >= 15 is 0 Å². The molecule has 0 bridgehead atoms. The lowest BCUT2D eigenvalue weighted by Gasteiger charge is -2.02. The summed E-state index contributed by atoms with van der Waals surface area (Å²) in [4.78, 5) is 0. The van der Waals surface area contributed by atoms with Crippen LogP contribution in [0.5, 0.6) is 0 Å². The number of hydrogen-bond acceptors (Lipinski definition) is 1. The Morgan fingerprint density at radius 1 is 1.25 bits per heavy atom. The van der Waals surface area contributed by atoms with Gasteiger partial charge in [-0.1, -0.05) is 31.2 Å². The van der Waals surface area contributed by atoms with Crippen molar-refractivity contribution in [1.29, 1.82) is 0 Å². The van der Waals surface area contributed by atoms with E-state index in [1.54, 1.807) is 0 Å². The number of aryl methyl sites for hydroxylation is 1. The molecule has 2 nitrogen and oxygen atoms in total. The monoisotopic (exact) mass is 390 g/mol. The van der Waals surface area contributed by atoms with Gasteiger partial charge in [0, 0.05) is 6.20 Å². The molecular formula is C12H12BrIN2. The molecule has 0 aliphatic heterocycles. The van der Waals surface area contributed by atoms with Gasteiger partial charge in [-0.2, -0.15) is 5.10 Å². The molecule has 84 valence electrons. The van der Waals surface area contributed by atoms with Crippen LogP contribution in [0.2, 0.25) is 0 Å². The van der Waals surface area contributed by atoms with Crippen molar-refractivity contribution in [3.63, 3.8) is 0 Å². The molecule has 16 heavy (non-hydrogen) atoms. The minimum atomic E-state index is 0.825. The maximum Gasteiger partial charge on any atom is 0.137 e. The van der Waals surface area contributed by atoms with Crippen LogP contribution in [0, 0.1) is 3.70 Å². The minimum absolute atomic E-state index is 0.825. The first-order valence-corrected chi connectivity index (χ1v) is 7.02. The maximum atomic E-state index is 4.40. The van der Waals surface area contributed by atoms with Gasteiger partial charge in [-0.3, -0.25) is 4.68 Å². The summed E-state index contributed by atoms with van der Waals surface area (Å²) in [5, 5.41) is 4.40. The van der Waals surface area contributed by atoms with Gasteiger partial charge in [0.25, 0.3) is 0 Å². The highest BCUT2D eigenvalue weighted by atomic mass is 127. The van der Waals surface area contributed by atoms with Gasteiger partial charge in [-0.15, -0.1) is 0 Å². The Morgan fingerprint density at radius 3 is 2.38 bits per heavy atom. The summed E-state index contributed by atoms with van der Waals surface area (Å²) < 4.78 is 4.01. The Kier molecular flexibility index (Phi) is 4.02. The Balaban J connectivity index is 2.14. The van der Waals surface area contributed by atoms with Crippen molar-refractivity contribution in [2.45, 2.75) is 19.9 Å². The van der Waals surface area contributed by atoms with E-state index in [-0.39, 0.29) is 0 Å². The first-order valence-electron chi connectivity index (χ1n) is 5.15. The molecule has 0 saturated heterocycles.